The van der Waals surface area contributed by atoms with Gasteiger partial charge in [0.1, 0.15) is 0 Å². The van der Waals surface area contributed by atoms with Crippen LogP contribution in [-0.2, 0) is 11.0 Å². The van der Waals surface area contributed by atoms with E-state index < -0.39 is 11.5 Å². The lowest BCUT2D eigenvalue weighted by Crippen LogP contribution is -2.56. The Bertz CT molecular complexity index is 424. The van der Waals surface area contributed by atoms with Crippen LogP contribution in [-0.4, -0.2) is 5.92 Å². The zero-order valence-corrected chi connectivity index (χ0v) is 10.6. The first-order chi connectivity index (χ1) is 7.64. The van der Waals surface area contributed by atoms with E-state index in [0.717, 1.165) is 11.1 Å². The fourth-order valence-corrected chi connectivity index (χ4v) is 2.63. The van der Waals surface area contributed by atoms with E-state index in [1.807, 2.05) is 24.3 Å². The van der Waals surface area contributed by atoms with Gasteiger partial charge in [0.25, 0.3) is 5.92 Å². The second-order valence-electron chi connectivity index (χ2n) is 6.16. The van der Waals surface area contributed by atoms with Crippen molar-refractivity contribution in [3.8, 4) is 0 Å². The zero-order chi connectivity index (χ0) is 12.9. The average molecular weight is 239 g/mol. The second-order valence-corrected chi connectivity index (χ2v) is 6.16. The molecular formula is C14H19F2N. The maximum atomic E-state index is 13.1. The van der Waals surface area contributed by atoms with Crippen LogP contribution in [0.2, 0.25) is 0 Å². The highest BCUT2D eigenvalue weighted by Crippen LogP contribution is 2.51. The van der Waals surface area contributed by atoms with Gasteiger partial charge in [0, 0.05) is 12.8 Å². The molecule has 0 bridgehead atoms. The van der Waals surface area contributed by atoms with E-state index in [0.29, 0.717) is 0 Å². The third-order valence-corrected chi connectivity index (χ3v) is 3.42. The average Bonchev–Trinajstić information content (AvgIpc) is 2.13. The standard InChI is InChI=1S/C14H19F2N/c1-12(2,3)10-6-4-5-7-11(10)13(17)8-14(15,16)9-13/h4-7H,8-9,17H2,1-3H3. The van der Waals surface area contributed by atoms with Crippen molar-refractivity contribution in [2.75, 3.05) is 0 Å². The van der Waals surface area contributed by atoms with Crippen molar-refractivity contribution in [2.24, 2.45) is 5.73 Å². The molecule has 1 fully saturated rings. The minimum absolute atomic E-state index is 0.0756. The van der Waals surface area contributed by atoms with Gasteiger partial charge in [-0.15, -0.1) is 0 Å². The number of benzene rings is 1. The van der Waals surface area contributed by atoms with E-state index in [1.54, 1.807) is 0 Å². The van der Waals surface area contributed by atoms with Crippen LogP contribution in [0.3, 0.4) is 0 Å². The van der Waals surface area contributed by atoms with Crippen molar-refractivity contribution in [2.45, 2.75) is 50.5 Å². The molecule has 0 atom stereocenters. The molecule has 0 aromatic heterocycles. The summed E-state index contributed by atoms with van der Waals surface area (Å²) < 4.78 is 26.1. The molecule has 1 aromatic carbocycles. The van der Waals surface area contributed by atoms with Crippen molar-refractivity contribution in [1.82, 2.24) is 0 Å². The minimum atomic E-state index is -2.60. The monoisotopic (exact) mass is 239 g/mol. The van der Waals surface area contributed by atoms with Crippen LogP contribution in [0.5, 0.6) is 0 Å². The first-order valence-corrected chi connectivity index (χ1v) is 5.91. The molecule has 1 saturated carbocycles. The van der Waals surface area contributed by atoms with Gasteiger partial charge >= 0.3 is 0 Å². The number of rotatable bonds is 1. The smallest absolute Gasteiger partial charge is 0.252 e. The van der Waals surface area contributed by atoms with Crippen LogP contribution in [0.1, 0.15) is 44.7 Å². The third kappa shape index (κ3) is 2.21. The Morgan fingerprint density at radius 1 is 1.12 bits per heavy atom. The Kier molecular flexibility index (Phi) is 2.58. The van der Waals surface area contributed by atoms with Crippen LogP contribution in [0.4, 0.5) is 8.78 Å². The molecule has 1 aliphatic rings. The Morgan fingerprint density at radius 2 is 1.65 bits per heavy atom. The van der Waals surface area contributed by atoms with E-state index in [1.165, 1.54) is 0 Å². The van der Waals surface area contributed by atoms with Crippen molar-refractivity contribution in [3.05, 3.63) is 35.4 Å². The van der Waals surface area contributed by atoms with Gasteiger partial charge in [-0.05, 0) is 16.5 Å². The molecule has 0 amide bonds. The molecular weight excluding hydrogens is 220 g/mol. The highest BCUT2D eigenvalue weighted by molar-refractivity contribution is 5.40. The van der Waals surface area contributed by atoms with Crippen molar-refractivity contribution in [1.29, 1.82) is 0 Å². The number of alkyl halides is 2. The lowest BCUT2D eigenvalue weighted by Gasteiger charge is -2.46. The van der Waals surface area contributed by atoms with Gasteiger partial charge in [-0.25, -0.2) is 8.78 Å². The van der Waals surface area contributed by atoms with Crippen LogP contribution in [0, 0.1) is 0 Å². The lowest BCUT2D eigenvalue weighted by atomic mass is 9.66. The van der Waals surface area contributed by atoms with Crippen molar-refractivity contribution in [3.63, 3.8) is 0 Å². The summed E-state index contributed by atoms with van der Waals surface area (Å²) in [7, 11) is 0. The molecule has 17 heavy (non-hydrogen) atoms. The lowest BCUT2D eigenvalue weighted by molar-refractivity contribution is -0.125. The van der Waals surface area contributed by atoms with Gasteiger partial charge in [-0.2, -0.15) is 0 Å². The van der Waals surface area contributed by atoms with Crippen molar-refractivity contribution >= 4 is 0 Å². The molecule has 2 N–H and O–H groups in total. The van der Waals surface area contributed by atoms with Gasteiger partial charge in [-0.1, -0.05) is 45.0 Å². The number of nitrogens with two attached hydrogens (primary N) is 1. The van der Waals surface area contributed by atoms with Crippen LogP contribution in [0.25, 0.3) is 0 Å². The van der Waals surface area contributed by atoms with Crippen LogP contribution < -0.4 is 5.73 Å². The topological polar surface area (TPSA) is 26.0 Å². The van der Waals surface area contributed by atoms with E-state index in [4.69, 9.17) is 5.73 Å². The first-order valence-electron chi connectivity index (χ1n) is 5.91. The Morgan fingerprint density at radius 3 is 2.12 bits per heavy atom. The van der Waals surface area contributed by atoms with Crippen molar-refractivity contribution < 1.29 is 8.78 Å². The summed E-state index contributed by atoms with van der Waals surface area (Å²) >= 11 is 0. The Hall–Kier alpha value is -0.960. The maximum Gasteiger partial charge on any atom is 0.252 e. The zero-order valence-electron chi connectivity index (χ0n) is 10.6. The predicted molar refractivity (Wildman–Crippen MR) is 65.2 cm³/mol. The fraction of sp³-hybridized carbons (Fsp3) is 0.571. The maximum absolute atomic E-state index is 13.1. The molecule has 1 aliphatic carbocycles. The number of hydrogen-bond acceptors (Lipinski definition) is 1. The fourth-order valence-electron chi connectivity index (χ4n) is 2.63. The molecule has 94 valence electrons. The van der Waals surface area contributed by atoms with Gasteiger partial charge in [-0.3, -0.25) is 0 Å². The summed E-state index contributed by atoms with van der Waals surface area (Å²) in [4.78, 5) is 0. The molecule has 0 spiro atoms. The van der Waals surface area contributed by atoms with E-state index in [-0.39, 0.29) is 18.3 Å². The molecule has 2 rings (SSSR count). The highest BCUT2D eigenvalue weighted by Gasteiger charge is 2.56. The molecule has 0 unspecified atom stereocenters. The predicted octanol–water partition coefficient (Wildman–Crippen LogP) is 3.57. The normalized spacial score (nSPS) is 22.0. The van der Waals surface area contributed by atoms with E-state index in [2.05, 4.69) is 20.8 Å². The van der Waals surface area contributed by atoms with Crippen LogP contribution in [0.15, 0.2) is 24.3 Å². The molecule has 0 saturated heterocycles. The van der Waals surface area contributed by atoms with Crippen LogP contribution >= 0.6 is 0 Å². The highest BCUT2D eigenvalue weighted by atomic mass is 19.3. The summed E-state index contributed by atoms with van der Waals surface area (Å²) in [6, 6.07) is 7.68. The summed E-state index contributed by atoms with van der Waals surface area (Å²) in [5, 5.41) is 0. The van der Waals surface area contributed by atoms with Gasteiger partial charge in [0.2, 0.25) is 0 Å². The van der Waals surface area contributed by atoms with Gasteiger partial charge < -0.3 is 5.73 Å². The second kappa shape index (κ2) is 3.52. The summed E-state index contributed by atoms with van der Waals surface area (Å²) in [5.74, 6) is -2.60. The summed E-state index contributed by atoms with van der Waals surface area (Å²) in [6.07, 6.45) is -0.486. The quantitative estimate of drug-likeness (QED) is 0.796. The SMILES string of the molecule is CC(C)(C)c1ccccc1C1(N)CC(F)(F)C1. The third-order valence-electron chi connectivity index (χ3n) is 3.42. The Labute approximate surface area is 101 Å². The Balaban J connectivity index is 2.41. The number of halogens is 2. The molecule has 1 nitrogen and oxygen atoms in total. The van der Waals surface area contributed by atoms with Gasteiger partial charge in [0.05, 0.1) is 5.54 Å². The summed E-state index contributed by atoms with van der Waals surface area (Å²) in [6.45, 7) is 6.23. The van der Waals surface area contributed by atoms with E-state index >= 15 is 0 Å². The molecule has 0 radical (unpaired) electrons. The summed E-state index contributed by atoms with van der Waals surface area (Å²) in [5.41, 5.74) is 7.13. The largest absolute Gasteiger partial charge is 0.321 e. The molecule has 3 heteroatoms. The number of hydrogen-bond donors (Lipinski definition) is 1. The van der Waals surface area contributed by atoms with Gasteiger partial charge in [0.15, 0.2) is 0 Å². The molecule has 0 heterocycles. The minimum Gasteiger partial charge on any atom is -0.321 e. The van der Waals surface area contributed by atoms with E-state index in [9.17, 15) is 8.78 Å². The molecule has 1 aromatic rings. The molecule has 0 aliphatic heterocycles. The first kappa shape index (κ1) is 12.5.